The minimum absolute atomic E-state index is 0.490. The van der Waals surface area contributed by atoms with Crippen LogP contribution in [0, 0.1) is 17.8 Å². The highest BCUT2D eigenvalue weighted by molar-refractivity contribution is 6.00. The molecule has 0 bridgehead atoms. The highest BCUT2D eigenvalue weighted by atomic mass is 16.4. The predicted molar refractivity (Wildman–Crippen MR) is 76.6 cm³/mol. The third-order valence-corrected chi connectivity index (χ3v) is 3.23. The summed E-state index contributed by atoms with van der Waals surface area (Å²) in [4.78, 5) is 3.97. The highest BCUT2D eigenvalue weighted by Gasteiger charge is 2.17. The molecule has 100 valence electrons. The molecule has 20 heavy (non-hydrogen) atoms. The zero-order chi connectivity index (χ0) is 13.8. The number of aromatic nitrogens is 2. The van der Waals surface area contributed by atoms with Gasteiger partial charge in [0, 0.05) is 29.4 Å². The lowest BCUT2D eigenvalue weighted by molar-refractivity contribution is 0.317. The van der Waals surface area contributed by atoms with Gasteiger partial charge in [-0.25, -0.2) is 4.98 Å². The van der Waals surface area contributed by atoms with Crippen LogP contribution < -0.4 is 0 Å². The first-order valence-electron chi connectivity index (χ1n) is 6.64. The normalized spacial score (nSPS) is 14.7. The molecular weight excluding hydrogens is 250 g/mol. The van der Waals surface area contributed by atoms with Crippen molar-refractivity contribution < 1.29 is 5.21 Å². The summed E-state index contributed by atoms with van der Waals surface area (Å²) in [6.07, 6.45) is 7.70. The largest absolute Gasteiger partial charge is 0.411 e. The van der Waals surface area contributed by atoms with Crippen LogP contribution in [-0.4, -0.2) is 20.5 Å². The Morgan fingerprint density at radius 3 is 2.75 bits per heavy atom. The molecular formula is C16H15N3O. The van der Waals surface area contributed by atoms with E-state index in [-0.39, 0.29) is 0 Å². The van der Waals surface area contributed by atoms with Crippen LogP contribution in [-0.2, 0) is 6.54 Å². The molecule has 0 radical (unpaired) electrons. The summed E-state index contributed by atoms with van der Waals surface area (Å²) in [5.74, 6) is 7.00. The minimum atomic E-state index is 0.490. The number of rotatable bonds is 3. The quantitative estimate of drug-likeness (QED) is 0.401. The van der Waals surface area contributed by atoms with Crippen molar-refractivity contribution in [2.45, 2.75) is 19.4 Å². The second-order valence-electron chi connectivity index (χ2n) is 4.90. The number of hydrogen-bond acceptors (Lipinski definition) is 3. The van der Waals surface area contributed by atoms with E-state index < -0.39 is 0 Å². The molecule has 1 aromatic heterocycles. The molecule has 2 aromatic rings. The highest BCUT2D eigenvalue weighted by Crippen LogP contribution is 2.27. The van der Waals surface area contributed by atoms with Crippen LogP contribution in [0.15, 0.2) is 48.1 Å². The van der Waals surface area contributed by atoms with Gasteiger partial charge >= 0.3 is 0 Å². The van der Waals surface area contributed by atoms with Crippen molar-refractivity contribution in [1.82, 2.24) is 9.55 Å². The van der Waals surface area contributed by atoms with Gasteiger partial charge in [0.25, 0.3) is 0 Å². The van der Waals surface area contributed by atoms with Gasteiger partial charge < -0.3 is 9.77 Å². The Balaban J connectivity index is 1.74. The van der Waals surface area contributed by atoms with Gasteiger partial charge in [-0.1, -0.05) is 29.1 Å². The monoisotopic (exact) mass is 265 g/mol. The van der Waals surface area contributed by atoms with Crippen molar-refractivity contribution in [2.75, 3.05) is 0 Å². The molecule has 1 fully saturated rings. The summed E-state index contributed by atoms with van der Waals surface area (Å²) in [5, 5.41) is 12.5. The molecule has 1 saturated carbocycles. The number of hydrogen-bond donors (Lipinski definition) is 1. The Kier molecular flexibility index (Phi) is 3.51. The van der Waals surface area contributed by atoms with Gasteiger partial charge in [-0.05, 0) is 25.0 Å². The molecule has 0 spiro atoms. The minimum Gasteiger partial charge on any atom is -0.411 e. The van der Waals surface area contributed by atoms with Crippen molar-refractivity contribution in [3.63, 3.8) is 0 Å². The second kappa shape index (κ2) is 5.62. The van der Waals surface area contributed by atoms with E-state index in [2.05, 4.69) is 22.0 Å². The Hall–Kier alpha value is -2.54. The molecule has 0 amide bonds. The number of imidazole rings is 1. The fraction of sp³-hybridized carbons (Fsp3) is 0.250. The molecule has 0 aliphatic heterocycles. The first-order chi connectivity index (χ1) is 9.85. The standard InChI is InChI=1S/C16H15N3O/c20-18-16(11-19-10-9-17-12-19)15-7-5-14(6-8-15)4-3-13-1-2-13/h5-10,12-13,20H,1-2,11H2. The van der Waals surface area contributed by atoms with Crippen molar-refractivity contribution in [3.05, 3.63) is 54.1 Å². The number of oxime groups is 1. The van der Waals surface area contributed by atoms with E-state index in [1.807, 2.05) is 35.0 Å². The Morgan fingerprint density at radius 2 is 2.15 bits per heavy atom. The molecule has 0 saturated heterocycles. The zero-order valence-electron chi connectivity index (χ0n) is 11.0. The van der Waals surface area contributed by atoms with E-state index in [0.717, 1.165) is 11.1 Å². The van der Waals surface area contributed by atoms with Gasteiger partial charge in [0.1, 0.15) is 5.71 Å². The molecule has 1 aliphatic rings. The Bertz CT molecular complexity index is 656. The summed E-state index contributed by atoms with van der Waals surface area (Å²) < 4.78 is 1.86. The SMILES string of the molecule is ON=C(Cn1ccnc1)c1ccc(C#CC2CC2)cc1. The molecule has 1 aliphatic carbocycles. The maximum atomic E-state index is 9.16. The molecule has 0 unspecified atom stereocenters. The van der Waals surface area contributed by atoms with Gasteiger partial charge in [0.05, 0.1) is 12.9 Å². The van der Waals surface area contributed by atoms with Crippen LogP contribution >= 0.6 is 0 Å². The summed E-state index contributed by atoms with van der Waals surface area (Å²) in [6, 6.07) is 7.79. The van der Waals surface area contributed by atoms with E-state index >= 15 is 0 Å². The summed E-state index contributed by atoms with van der Waals surface area (Å²) in [6.45, 7) is 0.490. The van der Waals surface area contributed by atoms with E-state index in [9.17, 15) is 0 Å². The van der Waals surface area contributed by atoms with Crippen molar-refractivity contribution >= 4 is 5.71 Å². The summed E-state index contributed by atoms with van der Waals surface area (Å²) in [7, 11) is 0. The molecule has 4 heteroatoms. The topological polar surface area (TPSA) is 50.4 Å². The fourth-order valence-electron chi connectivity index (χ4n) is 1.89. The van der Waals surface area contributed by atoms with E-state index in [1.165, 1.54) is 12.8 Å². The van der Waals surface area contributed by atoms with E-state index in [4.69, 9.17) is 5.21 Å². The van der Waals surface area contributed by atoms with Crippen LogP contribution in [0.5, 0.6) is 0 Å². The van der Waals surface area contributed by atoms with Gasteiger partial charge in [0.15, 0.2) is 0 Å². The van der Waals surface area contributed by atoms with Crippen LogP contribution in [0.1, 0.15) is 24.0 Å². The van der Waals surface area contributed by atoms with Crippen molar-refractivity contribution in [2.24, 2.45) is 11.1 Å². The first kappa shape index (κ1) is 12.5. The zero-order valence-corrected chi connectivity index (χ0v) is 11.0. The third-order valence-electron chi connectivity index (χ3n) is 3.23. The van der Waals surface area contributed by atoms with Crippen molar-refractivity contribution in [1.29, 1.82) is 0 Å². The maximum Gasteiger partial charge on any atom is 0.106 e. The lowest BCUT2D eigenvalue weighted by atomic mass is 10.1. The van der Waals surface area contributed by atoms with Gasteiger partial charge in [-0.2, -0.15) is 0 Å². The third kappa shape index (κ3) is 3.07. The van der Waals surface area contributed by atoms with Gasteiger partial charge in [-0.15, -0.1) is 0 Å². The van der Waals surface area contributed by atoms with Crippen LogP contribution in [0.2, 0.25) is 0 Å². The van der Waals surface area contributed by atoms with Crippen LogP contribution in [0.25, 0.3) is 0 Å². The van der Waals surface area contributed by atoms with Crippen LogP contribution in [0.3, 0.4) is 0 Å². The molecule has 1 aromatic carbocycles. The first-order valence-corrected chi connectivity index (χ1v) is 6.64. The summed E-state index contributed by atoms with van der Waals surface area (Å²) >= 11 is 0. The maximum absolute atomic E-state index is 9.16. The fourth-order valence-corrected chi connectivity index (χ4v) is 1.89. The second-order valence-corrected chi connectivity index (χ2v) is 4.90. The molecule has 3 rings (SSSR count). The Morgan fingerprint density at radius 1 is 1.35 bits per heavy atom. The molecule has 1 heterocycles. The predicted octanol–water partition coefficient (Wildman–Crippen LogP) is 2.52. The Labute approximate surface area is 117 Å². The van der Waals surface area contributed by atoms with E-state index in [1.54, 1.807) is 12.5 Å². The average molecular weight is 265 g/mol. The van der Waals surface area contributed by atoms with Crippen molar-refractivity contribution in [3.8, 4) is 11.8 Å². The molecule has 0 atom stereocenters. The summed E-state index contributed by atoms with van der Waals surface area (Å²) in [5.41, 5.74) is 2.49. The molecule has 1 N–H and O–H groups in total. The number of nitrogens with zero attached hydrogens (tertiary/aromatic N) is 3. The van der Waals surface area contributed by atoms with Crippen LogP contribution in [0.4, 0.5) is 0 Å². The van der Waals surface area contributed by atoms with E-state index in [0.29, 0.717) is 18.2 Å². The molecule has 4 nitrogen and oxygen atoms in total. The average Bonchev–Trinajstić information content (AvgIpc) is 3.18. The van der Waals surface area contributed by atoms with Gasteiger partial charge in [-0.3, -0.25) is 0 Å². The smallest absolute Gasteiger partial charge is 0.106 e. The lowest BCUT2D eigenvalue weighted by Crippen LogP contribution is -2.10. The van der Waals surface area contributed by atoms with Gasteiger partial charge in [0.2, 0.25) is 0 Å². The lowest BCUT2D eigenvalue weighted by Gasteiger charge is -2.05. The number of benzene rings is 1.